The Morgan fingerprint density at radius 1 is 1.33 bits per heavy atom. The number of aromatic nitrogens is 1. The number of fused-ring (bicyclic) bond motifs is 1. The minimum atomic E-state index is -3.45. The van der Waals surface area contributed by atoms with Crippen molar-refractivity contribution in [3.8, 4) is 0 Å². The number of rotatable bonds is 4. The zero-order chi connectivity index (χ0) is 13.2. The molecule has 0 fully saturated rings. The second-order valence-corrected chi connectivity index (χ2v) is 5.75. The monoisotopic (exact) mass is 265 g/mol. The SMILES string of the molecule is CCC(OS(C)(=O)=O)c1ccc2ncccc2c1. The van der Waals surface area contributed by atoms with Crippen LogP contribution in [0, 0.1) is 0 Å². The Labute approximate surface area is 107 Å². The number of benzene rings is 1. The normalized spacial score (nSPS) is 13.7. The Kier molecular flexibility index (Phi) is 3.63. The Hall–Kier alpha value is -1.46. The summed E-state index contributed by atoms with van der Waals surface area (Å²) in [5, 5.41) is 0.977. The summed E-state index contributed by atoms with van der Waals surface area (Å²) >= 11 is 0. The van der Waals surface area contributed by atoms with E-state index in [4.69, 9.17) is 4.18 Å². The third-order valence-electron chi connectivity index (χ3n) is 2.66. The van der Waals surface area contributed by atoms with Gasteiger partial charge in [0.1, 0.15) is 6.10 Å². The number of hydrogen-bond acceptors (Lipinski definition) is 4. The maximum atomic E-state index is 11.2. The summed E-state index contributed by atoms with van der Waals surface area (Å²) in [6, 6.07) is 9.44. The lowest BCUT2D eigenvalue weighted by molar-refractivity contribution is 0.211. The maximum Gasteiger partial charge on any atom is 0.264 e. The smallest absolute Gasteiger partial charge is 0.262 e. The van der Waals surface area contributed by atoms with Gasteiger partial charge in [0, 0.05) is 11.6 Å². The van der Waals surface area contributed by atoms with Gasteiger partial charge in [0.2, 0.25) is 0 Å². The number of pyridine rings is 1. The maximum absolute atomic E-state index is 11.2. The highest BCUT2D eigenvalue weighted by molar-refractivity contribution is 7.86. The first-order valence-electron chi connectivity index (χ1n) is 5.72. The second-order valence-electron chi connectivity index (χ2n) is 4.15. The van der Waals surface area contributed by atoms with Crippen molar-refractivity contribution < 1.29 is 12.6 Å². The fraction of sp³-hybridized carbons (Fsp3) is 0.308. The fourth-order valence-electron chi connectivity index (χ4n) is 1.86. The van der Waals surface area contributed by atoms with Crippen LogP contribution < -0.4 is 0 Å². The lowest BCUT2D eigenvalue weighted by atomic mass is 10.0. The highest BCUT2D eigenvalue weighted by Gasteiger charge is 2.16. The van der Waals surface area contributed by atoms with Gasteiger partial charge in [0.25, 0.3) is 10.1 Å². The van der Waals surface area contributed by atoms with Crippen molar-refractivity contribution in [2.75, 3.05) is 6.26 Å². The Morgan fingerprint density at radius 2 is 2.11 bits per heavy atom. The van der Waals surface area contributed by atoms with E-state index in [1.807, 2.05) is 37.3 Å². The zero-order valence-electron chi connectivity index (χ0n) is 10.3. The molecule has 0 radical (unpaired) electrons. The van der Waals surface area contributed by atoms with Crippen LogP contribution in [0.1, 0.15) is 25.0 Å². The average molecular weight is 265 g/mol. The highest BCUT2D eigenvalue weighted by atomic mass is 32.2. The standard InChI is InChI=1S/C13H15NO3S/c1-3-13(17-18(2,15)16)11-6-7-12-10(9-11)5-4-8-14-12/h4-9,13H,3H2,1-2H3. The van der Waals surface area contributed by atoms with Gasteiger partial charge in [-0.1, -0.05) is 19.1 Å². The molecule has 1 unspecified atom stereocenters. The first kappa shape index (κ1) is 13.0. The average Bonchev–Trinajstić information content (AvgIpc) is 2.34. The van der Waals surface area contributed by atoms with Crippen LogP contribution >= 0.6 is 0 Å². The predicted molar refractivity (Wildman–Crippen MR) is 70.7 cm³/mol. The van der Waals surface area contributed by atoms with Crippen LogP contribution in [-0.2, 0) is 14.3 Å². The minimum absolute atomic E-state index is 0.440. The lowest BCUT2D eigenvalue weighted by Gasteiger charge is -2.15. The Balaban J connectivity index is 2.39. The molecule has 0 aliphatic carbocycles. The summed E-state index contributed by atoms with van der Waals surface area (Å²) in [5.41, 5.74) is 1.74. The fourth-order valence-corrected chi connectivity index (χ4v) is 2.53. The van der Waals surface area contributed by atoms with Gasteiger partial charge < -0.3 is 0 Å². The van der Waals surface area contributed by atoms with Gasteiger partial charge in [-0.3, -0.25) is 9.17 Å². The van der Waals surface area contributed by atoms with Crippen LogP contribution in [0.2, 0.25) is 0 Å². The molecule has 0 N–H and O–H groups in total. The van der Waals surface area contributed by atoms with Gasteiger partial charge in [-0.15, -0.1) is 0 Å². The van der Waals surface area contributed by atoms with Crippen LogP contribution in [-0.4, -0.2) is 19.7 Å². The van der Waals surface area contributed by atoms with Gasteiger partial charge in [-0.2, -0.15) is 8.42 Å². The summed E-state index contributed by atoms with van der Waals surface area (Å²) in [5.74, 6) is 0. The summed E-state index contributed by atoms with van der Waals surface area (Å²) in [7, 11) is -3.45. The molecule has 0 bridgehead atoms. The van der Waals surface area contributed by atoms with Gasteiger partial charge >= 0.3 is 0 Å². The third kappa shape index (κ3) is 3.05. The quantitative estimate of drug-likeness (QED) is 0.797. The van der Waals surface area contributed by atoms with E-state index >= 15 is 0 Å². The molecule has 5 heteroatoms. The molecule has 0 aliphatic rings. The van der Waals surface area contributed by atoms with E-state index in [2.05, 4.69) is 4.98 Å². The Bertz CT molecular complexity index is 652. The van der Waals surface area contributed by atoms with Crippen LogP contribution in [0.15, 0.2) is 36.5 Å². The van der Waals surface area contributed by atoms with Crippen molar-refractivity contribution in [3.63, 3.8) is 0 Å². The molecule has 18 heavy (non-hydrogen) atoms. The van der Waals surface area contributed by atoms with E-state index in [1.165, 1.54) is 0 Å². The topological polar surface area (TPSA) is 56.3 Å². The number of hydrogen-bond donors (Lipinski definition) is 0. The van der Waals surface area contributed by atoms with E-state index in [0.29, 0.717) is 6.42 Å². The first-order chi connectivity index (χ1) is 8.49. The van der Waals surface area contributed by atoms with Crippen LogP contribution in [0.4, 0.5) is 0 Å². The van der Waals surface area contributed by atoms with Crippen molar-refractivity contribution in [3.05, 3.63) is 42.1 Å². The molecule has 0 amide bonds. The van der Waals surface area contributed by atoms with Crippen LogP contribution in [0.3, 0.4) is 0 Å². The molecule has 1 heterocycles. The molecule has 1 aromatic carbocycles. The highest BCUT2D eigenvalue weighted by Crippen LogP contribution is 2.25. The molecule has 2 rings (SSSR count). The molecule has 0 saturated carbocycles. The first-order valence-corrected chi connectivity index (χ1v) is 7.54. The van der Waals surface area contributed by atoms with Gasteiger partial charge in [0.15, 0.2) is 0 Å². The van der Waals surface area contributed by atoms with E-state index < -0.39 is 16.2 Å². The van der Waals surface area contributed by atoms with Gasteiger partial charge in [0.05, 0.1) is 11.8 Å². The minimum Gasteiger partial charge on any atom is -0.262 e. The lowest BCUT2D eigenvalue weighted by Crippen LogP contribution is -2.09. The van der Waals surface area contributed by atoms with Crippen molar-refractivity contribution in [1.82, 2.24) is 4.98 Å². The third-order valence-corrected chi connectivity index (χ3v) is 3.24. The van der Waals surface area contributed by atoms with Crippen LogP contribution in [0.5, 0.6) is 0 Å². The van der Waals surface area contributed by atoms with E-state index in [1.54, 1.807) is 6.20 Å². The van der Waals surface area contributed by atoms with Crippen molar-refractivity contribution >= 4 is 21.0 Å². The molecular weight excluding hydrogens is 250 g/mol. The van der Waals surface area contributed by atoms with Gasteiger partial charge in [-0.25, -0.2) is 0 Å². The summed E-state index contributed by atoms with van der Waals surface area (Å²) in [6.07, 6.45) is 2.95. The van der Waals surface area contributed by atoms with E-state index in [-0.39, 0.29) is 0 Å². The molecule has 1 atom stereocenters. The summed E-state index contributed by atoms with van der Waals surface area (Å²) in [4.78, 5) is 4.22. The molecule has 96 valence electrons. The molecule has 0 spiro atoms. The molecule has 0 aliphatic heterocycles. The Morgan fingerprint density at radius 3 is 2.78 bits per heavy atom. The molecular formula is C13H15NO3S. The van der Waals surface area contributed by atoms with Crippen LogP contribution in [0.25, 0.3) is 10.9 Å². The van der Waals surface area contributed by atoms with E-state index in [9.17, 15) is 8.42 Å². The summed E-state index contributed by atoms with van der Waals surface area (Å²) < 4.78 is 27.5. The van der Waals surface area contributed by atoms with Crippen molar-refractivity contribution in [1.29, 1.82) is 0 Å². The largest absolute Gasteiger partial charge is 0.264 e. The van der Waals surface area contributed by atoms with Crippen molar-refractivity contribution in [2.45, 2.75) is 19.4 Å². The molecule has 0 saturated heterocycles. The number of nitrogens with zero attached hydrogens (tertiary/aromatic N) is 1. The van der Waals surface area contributed by atoms with Crippen molar-refractivity contribution in [2.24, 2.45) is 0 Å². The molecule has 4 nitrogen and oxygen atoms in total. The second kappa shape index (κ2) is 5.04. The predicted octanol–water partition coefficient (Wildman–Crippen LogP) is 2.66. The molecule has 1 aromatic heterocycles. The van der Waals surface area contributed by atoms with Gasteiger partial charge in [-0.05, 0) is 30.2 Å². The molecule has 2 aromatic rings. The van der Waals surface area contributed by atoms with E-state index in [0.717, 1.165) is 22.7 Å². The summed E-state index contributed by atoms with van der Waals surface area (Å²) in [6.45, 7) is 1.89. The zero-order valence-corrected chi connectivity index (χ0v) is 11.1.